The molecule has 4 nitrogen and oxygen atoms in total. The van der Waals surface area contributed by atoms with Crippen LogP contribution >= 0.6 is 15.9 Å². The van der Waals surface area contributed by atoms with Crippen LogP contribution in [0.2, 0.25) is 0 Å². The molecular weight excluding hydrogens is 328 g/mol. The fourth-order valence-corrected chi connectivity index (χ4v) is 2.11. The summed E-state index contributed by atoms with van der Waals surface area (Å²) in [6.07, 6.45) is 1.69. The minimum Gasteiger partial charge on any atom is -0.368 e. The first-order chi connectivity index (χ1) is 10.1. The summed E-state index contributed by atoms with van der Waals surface area (Å²) in [5.41, 5.74) is 12.6. The van der Waals surface area contributed by atoms with E-state index in [0.717, 1.165) is 26.9 Å². The Morgan fingerprint density at radius 3 is 2.33 bits per heavy atom. The maximum absolute atomic E-state index is 5.85. The zero-order valence-corrected chi connectivity index (χ0v) is 13.6. The van der Waals surface area contributed by atoms with Gasteiger partial charge in [0, 0.05) is 4.47 Å². The number of nitrogens with two attached hydrogens (primary N) is 1. The van der Waals surface area contributed by atoms with Crippen LogP contribution < -0.4 is 11.2 Å². The van der Waals surface area contributed by atoms with Gasteiger partial charge in [-0.15, -0.1) is 0 Å². The zero-order valence-electron chi connectivity index (χ0n) is 12.0. The highest BCUT2D eigenvalue weighted by Crippen LogP contribution is 2.22. The number of para-hydroxylation sites is 1. The number of aliphatic imine (C=N–C) groups is 1. The van der Waals surface area contributed by atoms with Crippen LogP contribution in [0.25, 0.3) is 0 Å². The Labute approximate surface area is 132 Å². The van der Waals surface area contributed by atoms with Crippen molar-refractivity contribution in [2.45, 2.75) is 13.8 Å². The van der Waals surface area contributed by atoms with E-state index in [1.807, 2.05) is 56.3 Å². The molecule has 108 valence electrons. The number of aryl methyl sites for hydroxylation is 2. The average Bonchev–Trinajstić information content (AvgIpc) is 2.45. The third kappa shape index (κ3) is 4.43. The molecule has 2 aromatic rings. The smallest absolute Gasteiger partial charge is 0.214 e. The van der Waals surface area contributed by atoms with Crippen LogP contribution in [-0.2, 0) is 0 Å². The molecule has 2 aromatic carbocycles. The van der Waals surface area contributed by atoms with Gasteiger partial charge in [0.05, 0.1) is 11.9 Å². The Kier molecular flexibility index (Phi) is 5.11. The third-order valence-corrected chi connectivity index (χ3v) is 3.46. The second kappa shape index (κ2) is 7.04. The molecule has 0 atom stereocenters. The number of nitrogens with one attached hydrogen (secondary N) is 1. The molecule has 0 aliphatic heterocycles. The minimum atomic E-state index is 0.265. The van der Waals surface area contributed by atoms with Crippen molar-refractivity contribution in [2.24, 2.45) is 15.8 Å². The summed E-state index contributed by atoms with van der Waals surface area (Å²) < 4.78 is 1.03. The summed E-state index contributed by atoms with van der Waals surface area (Å²) in [5, 5.41) is 4.08. The standard InChI is InChI=1S/C16H17BrN4/c1-11-4-3-5-12(2)15(11)20-16(18)21-19-10-13-6-8-14(17)9-7-13/h3-10H,1-2H3,(H3,18,20,21)/b19-10+. The maximum Gasteiger partial charge on any atom is 0.214 e. The molecule has 3 N–H and O–H groups in total. The molecule has 0 spiro atoms. The van der Waals surface area contributed by atoms with E-state index in [9.17, 15) is 0 Å². The molecule has 0 aliphatic carbocycles. The molecule has 0 bridgehead atoms. The van der Waals surface area contributed by atoms with Gasteiger partial charge in [0.25, 0.3) is 0 Å². The first-order valence-electron chi connectivity index (χ1n) is 6.51. The van der Waals surface area contributed by atoms with Crippen LogP contribution in [-0.4, -0.2) is 12.2 Å². The number of hydrazone groups is 1. The molecule has 21 heavy (non-hydrogen) atoms. The molecule has 0 amide bonds. The number of nitrogens with zero attached hydrogens (tertiary/aromatic N) is 2. The van der Waals surface area contributed by atoms with Crippen molar-refractivity contribution in [2.75, 3.05) is 0 Å². The normalized spacial score (nSPS) is 11.9. The van der Waals surface area contributed by atoms with Crippen molar-refractivity contribution >= 4 is 33.8 Å². The van der Waals surface area contributed by atoms with Gasteiger partial charge in [-0.25, -0.2) is 10.4 Å². The van der Waals surface area contributed by atoms with Crippen LogP contribution in [0.3, 0.4) is 0 Å². The zero-order chi connectivity index (χ0) is 15.2. The Morgan fingerprint density at radius 1 is 1.10 bits per heavy atom. The molecule has 0 aromatic heterocycles. The number of guanidine groups is 1. The number of hydrogen-bond donors (Lipinski definition) is 2. The maximum atomic E-state index is 5.85. The summed E-state index contributed by atoms with van der Waals surface area (Å²) in [6.45, 7) is 4.01. The third-order valence-electron chi connectivity index (χ3n) is 2.93. The minimum absolute atomic E-state index is 0.265. The van der Waals surface area contributed by atoms with Gasteiger partial charge in [-0.1, -0.05) is 46.3 Å². The summed E-state index contributed by atoms with van der Waals surface area (Å²) >= 11 is 3.39. The Bertz CT molecular complexity index is 655. The molecule has 0 aliphatic rings. The largest absolute Gasteiger partial charge is 0.368 e. The first kappa shape index (κ1) is 15.3. The highest BCUT2D eigenvalue weighted by Gasteiger charge is 2.00. The fourth-order valence-electron chi connectivity index (χ4n) is 1.85. The van der Waals surface area contributed by atoms with E-state index in [1.165, 1.54) is 0 Å². The summed E-state index contributed by atoms with van der Waals surface area (Å²) in [4.78, 5) is 4.37. The quantitative estimate of drug-likeness (QED) is 0.507. The van der Waals surface area contributed by atoms with Gasteiger partial charge < -0.3 is 5.73 Å². The van der Waals surface area contributed by atoms with E-state index in [2.05, 4.69) is 31.4 Å². The van der Waals surface area contributed by atoms with Gasteiger partial charge in [0.2, 0.25) is 5.96 Å². The average molecular weight is 345 g/mol. The number of benzene rings is 2. The van der Waals surface area contributed by atoms with E-state index in [0.29, 0.717) is 0 Å². The van der Waals surface area contributed by atoms with Gasteiger partial charge in [-0.3, -0.25) is 0 Å². The van der Waals surface area contributed by atoms with E-state index < -0.39 is 0 Å². The highest BCUT2D eigenvalue weighted by molar-refractivity contribution is 9.10. The van der Waals surface area contributed by atoms with Gasteiger partial charge in [0.1, 0.15) is 0 Å². The van der Waals surface area contributed by atoms with Gasteiger partial charge in [-0.05, 0) is 42.7 Å². The van der Waals surface area contributed by atoms with Crippen LogP contribution in [0, 0.1) is 13.8 Å². The van der Waals surface area contributed by atoms with Crippen LogP contribution in [0.1, 0.15) is 16.7 Å². The fraction of sp³-hybridized carbons (Fsp3) is 0.125. The van der Waals surface area contributed by atoms with Crippen LogP contribution in [0.5, 0.6) is 0 Å². The lowest BCUT2D eigenvalue weighted by molar-refractivity contribution is 1.01. The van der Waals surface area contributed by atoms with E-state index in [1.54, 1.807) is 6.21 Å². The summed E-state index contributed by atoms with van der Waals surface area (Å²) in [7, 11) is 0. The van der Waals surface area contributed by atoms with Crippen LogP contribution in [0.4, 0.5) is 5.69 Å². The van der Waals surface area contributed by atoms with Crippen molar-refractivity contribution < 1.29 is 0 Å². The lowest BCUT2D eigenvalue weighted by Crippen LogP contribution is -2.27. The Hall–Kier alpha value is -2.14. The summed E-state index contributed by atoms with van der Waals surface area (Å²) in [5.74, 6) is 0.265. The van der Waals surface area contributed by atoms with Crippen molar-refractivity contribution in [3.63, 3.8) is 0 Å². The van der Waals surface area contributed by atoms with E-state index in [-0.39, 0.29) is 5.96 Å². The number of rotatable bonds is 3. The Balaban J connectivity index is 2.06. The van der Waals surface area contributed by atoms with E-state index in [4.69, 9.17) is 5.73 Å². The number of halogens is 1. The summed E-state index contributed by atoms with van der Waals surface area (Å²) in [6, 6.07) is 13.8. The second-order valence-corrected chi connectivity index (χ2v) is 5.57. The van der Waals surface area contributed by atoms with Crippen LogP contribution in [0.15, 0.2) is 57.0 Å². The molecule has 0 unspecified atom stereocenters. The predicted molar refractivity (Wildman–Crippen MR) is 92.1 cm³/mol. The monoisotopic (exact) mass is 344 g/mol. The molecule has 0 heterocycles. The SMILES string of the molecule is Cc1cccc(C)c1/N=C(\N)N/N=C/c1ccc(Br)cc1. The Morgan fingerprint density at radius 2 is 1.71 bits per heavy atom. The molecule has 0 radical (unpaired) electrons. The van der Waals surface area contributed by atoms with Gasteiger partial charge in [0.15, 0.2) is 0 Å². The predicted octanol–water partition coefficient (Wildman–Crippen LogP) is 3.64. The number of hydrogen-bond acceptors (Lipinski definition) is 2. The van der Waals surface area contributed by atoms with Crippen molar-refractivity contribution in [1.29, 1.82) is 0 Å². The van der Waals surface area contributed by atoms with E-state index >= 15 is 0 Å². The van der Waals surface area contributed by atoms with Gasteiger partial charge in [-0.2, -0.15) is 5.10 Å². The first-order valence-corrected chi connectivity index (χ1v) is 7.30. The highest BCUT2D eigenvalue weighted by atomic mass is 79.9. The lowest BCUT2D eigenvalue weighted by atomic mass is 10.1. The van der Waals surface area contributed by atoms with Crippen molar-refractivity contribution in [1.82, 2.24) is 5.43 Å². The van der Waals surface area contributed by atoms with Gasteiger partial charge >= 0.3 is 0 Å². The molecule has 2 rings (SSSR count). The lowest BCUT2D eigenvalue weighted by Gasteiger charge is -2.05. The molecule has 0 saturated heterocycles. The molecule has 5 heteroatoms. The van der Waals surface area contributed by atoms with Crippen molar-refractivity contribution in [3.8, 4) is 0 Å². The second-order valence-electron chi connectivity index (χ2n) is 4.66. The molecular formula is C16H17BrN4. The molecule has 0 saturated carbocycles. The topological polar surface area (TPSA) is 62.8 Å². The molecule has 0 fully saturated rings. The van der Waals surface area contributed by atoms with Crippen molar-refractivity contribution in [3.05, 3.63) is 63.6 Å².